The minimum atomic E-state index is -0.355. The standard InChI is InChI=1S/C23H32N2O4/c1-3-4-5-6-7-11-16-28-20-14-15-22(29-18-27-2)21(17-20)25-23(26)24-19-12-9-8-10-13-19/h8-10,12-15,17H,3-7,11,16,18H2,1-2H3,(H2,24,25,26). The molecule has 6 nitrogen and oxygen atoms in total. The zero-order chi connectivity index (χ0) is 20.7. The predicted octanol–water partition coefficient (Wildman–Crippen LogP) is 6.05. The van der Waals surface area contributed by atoms with Crippen LogP contribution in [0.15, 0.2) is 48.5 Å². The molecule has 2 N–H and O–H groups in total. The highest BCUT2D eigenvalue weighted by molar-refractivity contribution is 6.00. The first-order valence-corrected chi connectivity index (χ1v) is 10.2. The fourth-order valence-corrected chi connectivity index (χ4v) is 2.82. The zero-order valence-electron chi connectivity index (χ0n) is 17.4. The molecule has 0 aliphatic heterocycles. The molecule has 0 spiro atoms. The minimum absolute atomic E-state index is 0.0902. The van der Waals surface area contributed by atoms with Crippen LogP contribution >= 0.6 is 0 Å². The maximum atomic E-state index is 12.4. The van der Waals surface area contributed by atoms with E-state index in [1.165, 1.54) is 32.1 Å². The van der Waals surface area contributed by atoms with E-state index in [1.54, 1.807) is 19.2 Å². The molecule has 2 aromatic rings. The van der Waals surface area contributed by atoms with Crippen LogP contribution in [0.2, 0.25) is 0 Å². The fraction of sp³-hybridized carbons (Fsp3) is 0.435. The molecule has 158 valence electrons. The number of unbranched alkanes of at least 4 members (excludes halogenated alkanes) is 5. The van der Waals surface area contributed by atoms with E-state index >= 15 is 0 Å². The van der Waals surface area contributed by atoms with Gasteiger partial charge < -0.3 is 24.8 Å². The predicted molar refractivity (Wildman–Crippen MR) is 117 cm³/mol. The number of carbonyl (C=O) groups excluding carboxylic acids is 1. The van der Waals surface area contributed by atoms with Crippen molar-refractivity contribution >= 4 is 17.4 Å². The summed E-state index contributed by atoms with van der Waals surface area (Å²) >= 11 is 0. The normalized spacial score (nSPS) is 10.4. The molecule has 0 aliphatic rings. The highest BCUT2D eigenvalue weighted by atomic mass is 16.7. The first-order chi connectivity index (χ1) is 14.2. The van der Waals surface area contributed by atoms with Gasteiger partial charge in [-0.25, -0.2) is 4.79 Å². The van der Waals surface area contributed by atoms with Crippen LogP contribution in [0.3, 0.4) is 0 Å². The summed E-state index contributed by atoms with van der Waals surface area (Å²) in [7, 11) is 1.55. The van der Waals surface area contributed by atoms with Gasteiger partial charge in [-0.3, -0.25) is 0 Å². The number of para-hydroxylation sites is 1. The molecule has 0 aliphatic carbocycles. The smallest absolute Gasteiger partial charge is 0.323 e. The number of hydrogen-bond acceptors (Lipinski definition) is 4. The van der Waals surface area contributed by atoms with E-state index in [4.69, 9.17) is 14.2 Å². The van der Waals surface area contributed by atoms with Crippen molar-refractivity contribution in [3.8, 4) is 11.5 Å². The molecule has 2 rings (SSSR count). The molecule has 29 heavy (non-hydrogen) atoms. The number of benzene rings is 2. The summed E-state index contributed by atoms with van der Waals surface area (Å²) in [6.45, 7) is 2.96. The number of nitrogens with one attached hydrogen (secondary N) is 2. The Bertz CT molecular complexity index is 722. The van der Waals surface area contributed by atoms with E-state index in [-0.39, 0.29) is 12.8 Å². The van der Waals surface area contributed by atoms with Crippen molar-refractivity contribution in [1.82, 2.24) is 0 Å². The molecular formula is C23H32N2O4. The summed E-state index contributed by atoms with van der Waals surface area (Å²) in [5, 5.41) is 5.61. The molecule has 0 saturated heterocycles. The molecule has 0 atom stereocenters. The number of hydrogen-bond donors (Lipinski definition) is 2. The van der Waals surface area contributed by atoms with E-state index in [1.807, 2.05) is 36.4 Å². The van der Waals surface area contributed by atoms with Gasteiger partial charge in [0.2, 0.25) is 0 Å². The first kappa shape index (κ1) is 22.6. The van der Waals surface area contributed by atoms with Gasteiger partial charge >= 0.3 is 6.03 Å². The second kappa shape index (κ2) is 13.4. The molecule has 2 aromatic carbocycles. The molecule has 0 unspecified atom stereocenters. The van der Waals surface area contributed by atoms with Gasteiger partial charge in [0.25, 0.3) is 0 Å². The van der Waals surface area contributed by atoms with E-state index in [0.29, 0.717) is 29.5 Å². The van der Waals surface area contributed by atoms with E-state index < -0.39 is 0 Å². The lowest BCUT2D eigenvalue weighted by atomic mass is 10.1. The van der Waals surface area contributed by atoms with Crippen molar-refractivity contribution in [2.45, 2.75) is 45.4 Å². The summed E-state index contributed by atoms with van der Waals surface area (Å²) in [6, 6.07) is 14.3. The summed E-state index contributed by atoms with van der Waals surface area (Å²) in [4.78, 5) is 12.4. The van der Waals surface area contributed by atoms with Crippen molar-refractivity contribution in [2.24, 2.45) is 0 Å². The van der Waals surface area contributed by atoms with Crippen molar-refractivity contribution in [1.29, 1.82) is 0 Å². The average Bonchev–Trinajstić information content (AvgIpc) is 2.73. The quantitative estimate of drug-likeness (QED) is 0.317. The van der Waals surface area contributed by atoms with Gasteiger partial charge in [-0.2, -0.15) is 0 Å². The van der Waals surface area contributed by atoms with Crippen molar-refractivity contribution in [2.75, 3.05) is 31.1 Å². The number of methoxy groups -OCH3 is 1. The highest BCUT2D eigenvalue weighted by Crippen LogP contribution is 2.30. The van der Waals surface area contributed by atoms with Crippen LogP contribution in [0.4, 0.5) is 16.2 Å². The minimum Gasteiger partial charge on any atom is -0.494 e. The van der Waals surface area contributed by atoms with Gasteiger partial charge in [0.15, 0.2) is 6.79 Å². The number of ether oxygens (including phenoxy) is 3. The third-order valence-electron chi connectivity index (χ3n) is 4.33. The first-order valence-electron chi connectivity index (χ1n) is 10.2. The molecule has 6 heteroatoms. The number of carbonyl (C=O) groups is 1. The number of amides is 2. The summed E-state index contributed by atoms with van der Waals surface area (Å²) in [6.07, 6.45) is 7.26. The number of urea groups is 1. The Morgan fingerprint density at radius 2 is 1.66 bits per heavy atom. The van der Waals surface area contributed by atoms with Crippen LogP contribution in [-0.4, -0.2) is 26.5 Å². The maximum absolute atomic E-state index is 12.4. The van der Waals surface area contributed by atoms with Gasteiger partial charge in [-0.05, 0) is 30.7 Å². The monoisotopic (exact) mass is 400 g/mol. The molecule has 0 fully saturated rings. The fourth-order valence-electron chi connectivity index (χ4n) is 2.82. The van der Waals surface area contributed by atoms with Gasteiger partial charge in [0.1, 0.15) is 11.5 Å². The number of rotatable bonds is 13. The van der Waals surface area contributed by atoms with E-state index in [2.05, 4.69) is 17.6 Å². The topological polar surface area (TPSA) is 68.8 Å². The molecule has 2 amide bonds. The molecule has 0 saturated carbocycles. The third kappa shape index (κ3) is 8.87. The molecule has 0 radical (unpaired) electrons. The second-order valence-corrected chi connectivity index (χ2v) is 6.77. The molecule has 0 heterocycles. The Balaban J connectivity index is 1.92. The van der Waals surface area contributed by atoms with Gasteiger partial charge in [-0.15, -0.1) is 0 Å². The van der Waals surface area contributed by atoms with Crippen LogP contribution in [0.5, 0.6) is 11.5 Å². The molecular weight excluding hydrogens is 368 g/mol. The van der Waals surface area contributed by atoms with E-state index in [0.717, 1.165) is 6.42 Å². The Kier molecular flexibility index (Phi) is 10.5. The highest BCUT2D eigenvalue weighted by Gasteiger charge is 2.10. The third-order valence-corrected chi connectivity index (χ3v) is 4.33. The van der Waals surface area contributed by atoms with Gasteiger partial charge in [0.05, 0.1) is 12.3 Å². The van der Waals surface area contributed by atoms with Gasteiger partial charge in [0, 0.05) is 18.9 Å². The van der Waals surface area contributed by atoms with E-state index in [9.17, 15) is 4.79 Å². The van der Waals surface area contributed by atoms with Crippen LogP contribution in [-0.2, 0) is 4.74 Å². The average molecular weight is 401 g/mol. The van der Waals surface area contributed by atoms with Crippen LogP contribution in [0, 0.1) is 0 Å². The van der Waals surface area contributed by atoms with Crippen molar-refractivity contribution in [3.05, 3.63) is 48.5 Å². The molecule has 0 bridgehead atoms. The zero-order valence-corrected chi connectivity index (χ0v) is 17.4. The Morgan fingerprint density at radius 3 is 2.41 bits per heavy atom. The van der Waals surface area contributed by atoms with Crippen LogP contribution < -0.4 is 20.1 Å². The lowest BCUT2D eigenvalue weighted by Crippen LogP contribution is -2.20. The summed E-state index contributed by atoms with van der Waals surface area (Å²) < 4.78 is 16.4. The summed E-state index contributed by atoms with van der Waals surface area (Å²) in [5.41, 5.74) is 1.23. The Morgan fingerprint density at radius 1 is 0.897 bits per heavy atom. The lowest BCUT2D eigenvalue weighted by molar-refractivity contribution is 0.0516. The van der Waals surface area contributed by atoms with Crippen molar-refractivity contribution in [3.63, 3.8) is 0 Å². The summed E-state index contributed by atoms with van der Waals surface area (Å²) in [5.74, 6) is 1.21. The molecule has 0 aromatic heterocycles. The second-order valence-electron chi connectivity index (χ2n) is 6.77. The Labute approximate surface area is 173 Å². The lowest BCUT2D eigenvalue weighted by Gasteiger charge is -2.15. The SMILES string of the molecule is CCCCCCCCOc1ccc(OCOC)c(NC(=O)Nc2ccccc2)c1. The number of anilines is 2. The van der Waals surface area contributed by atoms with Crippen LogP contribution in [0.25, 0.3) is 0 Å². The van der Waals surface area contributed by atoms with Gasteiger partial charge in [-0.1, -0.05) is 57.2 Å². The van der Waals surface area contributed by atoms with Crippen LogP contribution in [0.1, 0.15) is 45.4 Å². The maximum Gasteiger partial charge on any atom is 0.323 e. The largest absolute Gasteiger partial charge is 0.494 e. The van der Waals surface area contributed by atoms with Crippen molar-refractivity contribution < 1.29 is 19.0 Å². The Hall–Kier alpha value is -2.73.